The molecule has 0 saturated carbocycles. The van der Waals surface area contributed by atoms with E-state index in [1.54, 1.807) is 26.0 Å². The number of rotatable bonds is 5. The highest BCUT2D eigenvalue weighted by molar-refractivity contribution is 7.92. The first-order valence-electron chi connectivity index (χ1n) is 5.23. The topological polar surface area (TPSA) is 66.4 Å². The minimum absolute atomic E-state index is 0.0232. The lowest BCUT2D eigenvalue weighted by Gasteiger charge is -2.12. The van der Waals surface area contributed by atoms with Crippen molar-refractivity contribution in [3.63, 3.8) is 0 Å². The van der Waals surface area contributed by atoms with Crippen LogP contribution in [0.3, 0.4) is 0 Å². The summed E-state index contributed by atoms with van der Waals surface area (Å²) in [5.41, 5.74) is 1.65. The molecule has 1 rings (SSSR count). The number of benzene rings is 1. The van der Waals surface area contributed by atoms with Crippen molar-refractivity contribution in [1.29, 1.82) is 0 Å². The van der Waals surface area contributed by atoms with Gasteiger partial charge in [-0.25, -0.2) is 8.42 Å². The number of anilines is 1. The standard InChI is InChI=1S/C11H16ClNO3S/c1-8-4-5-10(9(2)11(8)14)13-17(15,16)7-3-6-12/h4-5,13-14H,3,6-7H2,1-2H3. The van der Waals surface area contributed by atoms with Crippen LogP contribution < -0.4 is 4.72 Å². The molecule has 0 amide bonds. The number of phenolic OH excluding ortho intramolecular Hbond substituents is 1. The molecule has 1 aromatic rings. The van der Waals surface area contributed by atoms with E-state index in [9.17, 15) is 13.5 Å². The fourth-order valence-electron chi connectivity index (χ4n) is 1.41. The van der Waals surface area contributed by atoms with Crippen LogP contribution in [0.5, 0.6) is 5.75 Å². The van der Waals surface area contributed by atoms with Gasteiger partial charge in [0, 0.05) is 11.4 Å². The molecule has 0 aromatic heterocycles. The van der Waals surface area contributed by atoms with Crippen molar-refractivity contribution in [2.75, 3.05) is 16.4 Å². The zero-order chi connectivity index (χ0) is 13.1. The van der Waals surface area contributed by atoms with Crippen molar-refractivity contribution in [3.8, 4) is 5.75 Å². The molecule has 0 spiro atoms. The fraction of sp³-hybridized carbons (Fsp3) is 0.455. The first-order chi connectivity index (χ1) is 7.87. The second kappa shape index (κ2) is 5.60. The Hall–Kier alpha value is -0.940. The monoisotopic (exact) mass is 277 g/mol. The Morgan fingerprint density at radius 2 is 2.00 bits per heavy atom. The molecular weight excluding hydrogens is 262 g/mol. The highest BCUT2D eigenvalue weighted by Crippen LogP contribution is 2.28. The third-order valence-electron chi connectivity index (χ3n) is 2.44. The maximum absolute atomic E-state index is 11.7. The minimum atomic E-state index is -3.39. The van der Waals surface area contributed by atoms with E-state index >= 15 is 0 Å². The van der Waals surface area contributed by atoms with Gasteiger partial charge in [-0.3, -0.25) is 4.72 Å². The Bertz CT molecular complexity index is 500. The van der Waals surface area contributed by atoms with Gasteiger partial charge in [-0.2, -0.15) is 0 Å². The molecule has 6 heteroatoms. The molecule has 0 bridgehead atoms. The van der Waals surface area contributed by atoms with Gasteiger partial charge in [-0.1, -0.05) is 6.07 Å². The summed E-state index contributed by atoms with van der Waals surface area (Å²) in [6.45, 7) is 3.43. The molecule has 0 radical (unpaired) electrons. The summed E-state index contributed by atoms with van der Waals surface area (Å²) in [4.78, 5) is 0. The van der Waals surface area contributed by atoms with Crippen LogP contribution in [0.1, 0.15) is 17.5 Å². The van der Waals surface area contributed by atoms with E-state index in [1.807, 2.05) is 0 Å². The Balaban J connectivity index is 2.93. The molecule has 0 saturated heterocycles. The van der Waals surface area contributed by atoms with Crippen LogP contribution in [-0.4, -0.2) is 25.2 Å². The minimum Gasteiger partial charge on any atom is -0.507 e. The predicted octanol–water partition coefficient (Wildman–Crippen LogP) is 2.38. The van der Waals surface area contributed by atoms with Crippen LogP contribution in [0, 0.1) is 13.8 Å². The first kappa shape index (κ1) is 14.1. The van der Waals surface area contributed by atoms with Gasteiger partial charge in [0.25, 0.3) is 0 Å². The highest BCUT2D eigenvalue weighted by Gasteiger charge is 2.13. The van der Waals surface area contributed by atoms with Crippen molar-refractivity contribution in [2.45, 2.75) is 20.3 Å². The zero-order valence-electron chi connectivity index (χ0n) is 9.83. The number of hydrogen-bond donors (Lipinski definition) is 2. The Morgan fingerprint density at radius 3 is 2.59 bits per heavy atom. The van der Waals surface area contributed by atoms with E-state index in [0.29, 0.717) is 29.1 Å². The smallest absolute Gasteiger partial charge is 0.232 e. The van der Waals surface area contributed by atoms with Crippen LogP contribution in [-0.2, 0) is 10.0 Å². The largest absolute Gasteiger partial charge is 0.507 e. The molecule has 17 heavy (non-hydrogen) atoms. The van der Waals surface area contributed by atoms with Gasteiger partial charge in [-0.05, 0) is 31.9 Å². The van der Waals surface area contributed by atoms with Crippen molar-refractivity contribution >= 4 is 27.3 Å². The number of aryl methyl sites for hydroxylation is 1. The predicted molar refractivity (Wildman–Crippen MR) is 70.3 cm³/mol. The third-order valence-corrected chi connectivity index (χ3v) is 4.07. The summed E-state index contributed by atoms with van der Waals surface area (Å²) in [6, 6.07) is 3.31. The quantitative estimate of drug-likeness (QED) is 0.812. The molecule has 0 atom stereocenters. The third kappa shape index (κ3) is 3.78. The summed E-state index contributed by atoms with van der Waals surface area (Å²) < 4.78 is 25.8. The van der Waals surface area contributed by atoms with Crippen molar-refractivity contribution in [3.05, 3.63) is 23.3 Å². The SMILES string of the molecule is Cc1ccc(NS(=O)(=O)CCCCl)c(C)c1O. The molecule has 0 aliphatic heterocycles. The van der Waals surface area contributed by atoms with E-state index in [0.717, 1.165) is 0 Å². The first-order valence-corrected chi connectivity index (χ1v) is 7.41. The van der Waals surface area contributed by atoms with E-state index < -0.39 is 10.0 Å². The van der Waals surface area contributed by atoms with Crippen molar-refractivity contribution in [1.82, 2.24) is 0 Å². The fourth-order valence-corrected chi connectivity index (χ4v) is 2.88. The summed E-state index contributed by atoms with van der Waals surface area (Å²) in [6.07, 6.45) is 0.397. The Kier molecular flexibility index (Phi) is 4.65. The van der Waals surface area contributed by atoms with Crippen molar-refractivity contribution < 1.29 is 13.5 Å². The molecule has 4 nitrogen and oxygen atoms in total. The Morgan fingerprint density at radius 1 is 1.35 bits per heavy atom. The lowest BCUT2D eigenvalue weighted by Crippen LogP contribution is -2.17. The van der Waals surface area contributed by atoms with Crippen LogP contribution in [0.25, 0.3) is 0 Å². The summed E-state index contributed by atoms with van der Waals surface area (Å²) >= 11 is 5.46. The highest BCUT2D eigenvalue weighted by atomic mass is 35.5. The Labute approximate surface area is 107 Å². The average Bonchev–Trinajstić information content (AvgIpc) is 2.27. The molecule has 0 unspecified atom stereocenters. The maximum Gasteiger partial charge on any atom is 0.232 e. The van der Waals surface area contributed by atoms with E-state index in [2.05, 4.69) is 4.72 Å². The number of sulfonamides is 1. The summed E-state index contributed by atoms with van der Waals surface area (Å²) in [7, 11) is -3.39. The van der Waals surface area contributed by atoms with Gasteiger partial charge in [-0.15, -0.1) is 11.6 Å². The normalized spacial score (nSPS) is 11.5. The van der Waals surface area contributed by atoms with Gasteiger partial charge >= 0.3 is 0 Å². The molecule has 0 aliphatic carbocycles. The molecule has 0 fully saturated rings. The molecule has 2 N–H and O–H groups in total. The van der Waals surface area contributed by atoms with Gasteiger partial charge in [0.1, 0.15) is 5.75 Å². The van der Waals surface area contributed by atoms with Crippen LogP contribution >= 0.6 is 11.6 Å². The lowest BCUT2D eigenvalue weighted by molar-refractivity contribution is 0.467. The van der Waals surface area contributed by atoms with Crippen molar-refractivity contribution in [2.24, 2.45) is 0 Å². The average molecular weight is 278 g/mol. The van der Waals surface area contributed by atoms with Gasteiger partial charge in [0.05, 0.1) is 11.4 Å². The molecular formula is C11H16ClNO3S. The van der Waals surface area contributed by atoms with Crippen LogP contribution in [0.4, 0.5) is 5.69 Å². The summed E-state index contributed by atoms with van der Waals surface area (Å²) in [5, 5.41) is 9.70. The summed E-state index contributed by atoms with van der Waals surface area (Å²) in [5.74, 6) is 0.395. The van der Waals surface area contributed by atoms with Gasteiger partial charge < -0.3 is 5.11 Å². The number of aromatic hydroxyl groups is 1. The number of halogens is 1. The number of phenols is 1. The molecule has 0 heterocycles. The zero-order valence-corrected chi connectivity index (χ0v) is 11.4. The van der Waals surface area contributed by atoms with Crippen LogP contribution in [0.2, 0.25) is 0 Å². The number of nitrogens with one attached hydrogen (secondary N) is 1. The molecule has 1 aromatic carbocycles. The van der Waals surface area contributed by atoms with E-state index in [4.69, 9.17) is 11.6 Å². The molecule has 96 valence electrons. The molecule has 0 aliphatic rings. The van der Waals surface area contributed by atoms with Gasteiger partial charge in [0.2, 0.25) is 10.0 Å². The number of alkyl halides is 1. The second-order valence-electron chi connectivity index (χ2n) is 3.87. The number of hydrogen-bond acceptors (Lipinski definition) is 3. The maximum atomic E-state index is 11.7. The second-order valence-corrected chi connectivity index (χ2v) is 6.09. The van der Waals surface area contributed by atoms with E-state index in [1.165, 1.54) is 0 Å². The van der Waals surface area contributed by atoms with Gasteiger partial charge in [0.15, 0.2) is 0 Å². The van der Waals surface area contributed by atoms with E-state index in [-0.39, 0.29) is 11.5 Å². The lowest BCUT2D eigenvalue weighted by atomic mass is 10.1. The van der Waals surface area contributed by atoms with Crippen LogP contribution in [0.15, 0.2) is 12.1 Å².